The maximum absolute atomic E-state index is 11.7. The second-order valence-electron chi connectivity index (χ2n) is 3.32. The van der Waals surface area contributed by atoms with Gasteiger partial charge in [0.05, 0.1) is 6.54 Å². The van der Waals surface area contributed by atoms with E-state index in [4.69, 9.17) is 0 Å². The Hall–Kier alpha value is -1.36. The fraction of sp³-hybridized carbons (Fsp3) is 0.273. The van der Waals surface area contributed by atoms with Crippen LogP contribution in [0.25, 0.3) is 0 Å². The van der Waals surface area contributed by atoms with Crippen LogP contribution in [0.4, 0.5) is 0 Å². The van der Waals surface area contributed by atoms with Gasteiger partial charge in [0.15, 0.2) is 0 Å². The van der Waals surface area contributed by atoms with Crippen LogP contribution in [0.2, 0.25) is 0 Å². The lowest BCUT2D eigenvalue weighted by molar-refractivity contribution is -0.119. The minimum Gasteiger partial charge on any atom is -0.358 e. The zero-order valence-electron chi connectivity index (χ0n) is 9.13. The van der Waals surface area contributed by atoms with Crippen molar-refractivity contribution in [2.75, 3.05) is 13.6 Å². The number of likely N-dealkylation sites (N-methyl/N-ethyl adjacent to an activating group) is 1. The highest BCUT2D eigenvalue weighted by atomic mass is 79.9. The molecule has 16 heavy (non-hydrogen) atoms. The van der Waals surface area contributed by atoms with Crippen LogP contribution in [0, 0.1) is 6.92 Å². The normalized spacial score (nSPS) is 9.69. The third-order valence-electron chi connectivity index (χ3n) is 2.13. The lowest BCUT2D eigenvalue weighted by Crippen LogP contribution is -2.35. The number of amides is 2. The Morgan fingerprint density at radius 2 is 2.06 bits per heavy atom. The molecular weight excluding hydrogens is 272 g/mol. The monoisotopic (exact) mass is 284 g/mol. The van der Waals surface area contributed by atoms with Gasteiger partial charge >= 0.3 is 0 Å². The summed E-state index contributed by atoms with van der Waals surface area (Å²) in [6.07, 6.45) is 0. The predicted octanol–water partition coefficient (Wildman–Crippen LogP) is 1.23. The molecule has 0 radical (unpaired) electrons. The van der Waals surface area contributed by atoms with E-state index >= 15 is 0 Å². The average Bonchev–Trinajstić information content (AvgIpc) is 2.28. The van der Waals surface area contributed by atoms with E-state index in [1.165, 1.54) is 7.05 Å². The maximum atomic E-state index is 11.7. The van der Waals surface area contributed by atoms with Gasteiger partial charge in [-0.1, -0.05) is 22.0 Å². The van der Waals surface area contributed by atoms with Crippen LogP contribution >= 0.6 is 15.9 Å². The van der Waals surface area contributed by atoms with Gasteiger partial charge in [0.1, 0.15) is 0 Å². The number of rotatable bonds is 3. The van der Waals surface area contributed by atoms with Crippen molar-refractivity contribution in [1.82, 2.24) is 10.6 Å². The summed E-state index contributed by atoms with van der Waals surface area (Å²) >= 11 is 3.30. The van der Waals surface area contributed by atoms with E-state index < -0.39 is 0 Å². The molecule has 1 rings (SSSR count). The zero-order valence-corrected chi connectivity index (χ0v) is 10.7. The maximum Gasteiger partial charge on any atom is 0.252 e. The highest BCUT2D eigenvalue weighted by molar-refractivity contribution is 9.10. The van der Waals surface area contributed by atoms with Gasteiger partial charge in [-0.15, -0.1) is 0 Å². The molecule has 2 N–H and O–H groups in total. The molecule has 4 nitrogen and oxygen atoms in total. The number of nitrogens with one attached hydrogen (secondary N) is 2. The molecule has 0 atom stereocenters. The first-order chi connectivity index (χ1) is 7.54. The summed E-state index contributed by atoms with van der Waals surface area (Å²) < 4.78 is 0.836. The Bertz CT molecular complexity index is 418. The van der Waals surface area contributed by atoms with Crippen LogP contribution in [-0.2, 0) is 4.79 Å². The number of hydrogen-bond donors (Lipinski definition) is 2. The van der Waals surface area contributed by atoms with Crippen LogP contribution in [0.5, 0.6) is 0 Å². The van der Waals surface area contributed by atoms with Gasteiger partial charge in [-0.05, 0) is 24.6 Å². The molecule has 0 fully saturated rings. The first kappa shape index (κ1) is 12.7. The van der Waals surface area contributed by atoms with Crippen LogP contribution < -0.4 is 10.6 Å². The number of carbonyl (C=O) groups is 2. The lowest BCUT2D eigenvalue weighted by Gasteiger charge is -2.07. The van der Waals surface area contributed by atoms with Crippen molar-refractivity contribution >= 4 is 27.7 Å². The molecule has 0 saturated heterocycles. The minimum atomic E-state index is -0.248. The van der Waals surface area contributed by atoms with Crippen LogP contribution in [0.1, 0.15) is 15.9 Å². The Balaban J connectivity index is 2.73. The van der Waals surface area contributed by atoms with Crippen LogP contribution in [0.3, 0.4) is 0 Å². The van der Waals surface area contributed by atoms with E-state index in [2.05, 4.69) is 26.6 Å². The zero-order chi connectivity index (χ0) is 12.1. The molecule has 0 heterocycles. The fourth-order valence-corrected chi connectivity index (χ4v) is 1.54. The Labute approximate surface area is 103 Å². The average molecular weight is 285 g/mol. The Morgan fingerprint density at radius 3 is 2.69 bits per heavy atom. The fourth-order valence-electron chi connectivity index (χ4n) is 1.18. The molecule has 0 saturated carbocycles. The molecule has 0 spiro atoms. The highest BCUT2D eigenvalue weighted by Gasteiger charge is 2.10. The molecule has 1 aromatic carbocycles. The summed E-state index contributed by atoms with van der Waals surface area (Å²) in [5, 5.41) is 4.98. The second kappa shape index (κ2) is 5.65. The van der Waals surface area contributed by atoms with E-state index in [1.807, 2.05) is 19.1 Å². The molecule has 5 heteroatoms. The molecular formula is C11H13BrN2O2. The minimum absolute atomic E-state index is 0.0126. The summed E-state index contributed by atoms with van der Waals surface area (Å²) in [6, 6.07) is 5.44. The van der Waals surface area contributed by atoms with Crippen LogP contribution in [-0.4, -0.2) is 25.4 Å². The third kappa shape index (κ3) is 3.34. The quantitative estimate of drug-likeness (QED) is 0.877. The molecule has 2 amide bonds. The second-order valence-corrected chi connectivity index (χ2v) is 4.23. The van der Waals surface area contributed by atoms with Gasteiger partial charge in [-0.25, -0.2) is 0 Å². The van der Waals surface area contributed by atoms with Gasteiger partial charge in [0.25, 0.3) is 5.91 Å². The van der Waals surface area contributed by atoms with E-state index in [0.717, 1.165) is 10.0 Å². The molecule has 1 aromatic rings. The number of halogens is 1. The van der Waals surface area contributed by atoms with Crippen molar-refractivity contribution in [2.24, 2.45) is 0 Å². The molecule has 0 bridgehead atoms. The van der Waals surface area contributed by atoms with Gasteiger partial charge in [0.2, 0.25) is 5.91 Å². The van der Waals surface area contributed by atoms with E-state index in [0.29, 0.717) is 5.56 Å². The van der Waals surface area contributed by atoms with Crippen molar-refractivity contribution < 1.29 is 9.59 Å². The Kier molecular flexibility index (Phi) is 4.49. The predicted molar refractivity (Wildman–Crippen MR) is 65.3 cm³/mol. The van der Waals surface area contributed by atoms with Crippen molar-refractivity contribution in [2.45, 2.75) is 6.92 Å². The van der Waals surface area contributed by atoms with Gasteiger partial charge in [-0.3, -0.25) is 9.59 Å². The smallest absolute Gasteiger partial charge is 0.252 e. The SMILES string of the molecule is CNC(=O)CNC(=O)c1cc(Br)ccc1C. The summed E-state index contributed by atoms with van der Waals surface area (Å²) in [7, 11) is 1.53. The molecule has 0 aromatic heterocycles. The van der Waals surface area contributed by atoms with E-state index in [1.54, 1.807) is 6.07 Å². The van der Waals surface area contributed by atoms with Crippen LogP contribution in [0.15, 0.2) is 22.7 Å². The number of benzene rings is 1. The number of carbonyl (C=O) groups excluding carboxylic acids is 2. The first-order valence-electron chi connectivity index (χ1n) is 4.79. The Morgan fingerprint density at radius 1 is 1.38 bits per heavy atom. The number of hydrogen-bond acceptors (Lipinski definition) is 2. The third-order valence-corrected chi connectivity index (χ3v) is 2.63. The van der Waals surface area contributed by atoms with Gasteiger partial charge in [-0.2, -0.15) is 0 Å². The topological polar surface area (TPSA) is 58.2 Å². The van der Waals surface area contributed by atoms with Crippen molar-refractivity contribution in [3.05, 3.63) is 33.8 Å². The molecule has 86 valence electrons. The van der Waals surface area contributed by atoms with E-state index in [-0.39, 0.29) is 18.4 Å². The van der Waals surface area contributed by atoms with Gasteiger partial charge in [0, 0.05) is 17.1 Å². The molecule has 0 aliphatic rings. The summed E-state index contributed by atoms with van der Waals surface area (Å²) in [5.74, 6) is -0.469. The van der Waals surface area contributed by atoms with Crippen molar-refractivity contribution in [3.63, 3.8) is 0 Å². The van der Waals surface area contributed by atoms with E-state index in [9.17, 15) is 9.59 Å². The summed E-state index contributed by atoms with van der Waals surface area (Å²) in [4.78, 5) is 22.7. The largest absolute Gasteiger partial charge is 0.358 e. The highest BCUT2D eigenvalue weighted by Crippen LogP contribution is 2.15. The summed E-state index contributed by atoms with van der Waals surface area (Å²) in [6.45, 7) is 1.84. The van der Waals surface area contributed by atoms with Crippen molar-refractivity contribution in [3.8, 4) is 0 Å². The molecule has 0 aliphatic carbocycles. The molecule has 0 unspecified atom stereocenters. The lowest BCUT2D eigenvalue weighted by atomic mass is 10.1. The van der Waals surface area contributed by atoms with Crippen molar-refractivity contribution in [1.29, 1.82) is 0 Å². The molecule has 0 aliphatic heterocycles. The first-order valence-corrected chi connectivity index (χ1v) is 5.59. The summed E-state index contributed by atoms with van der Waals surface area (Å²) in [5.41, 5.74) is 1.44. The number of aryl methyl sites for hydroxylation is 1. The standard InChI is InChI=1S/C11H13BrN2O2/c1-7-3-4-8(12)5-9(7)11(16)14-6-10(15)13-2/h3-5H,6H2,1-2H3,(H,13,15)(H,14,16). The van der Waals surface area contributed by atoms with Gasteiger partial charge < -0.3 is 10.6 Å².